The minimum absolute atomic E-state index is 0. The molecule has 0 bridgehead atoms. The van der Waals surface area contributed by atoms with Crippen molar-refractivity contribution in [2.45, 2.75) is 21.6 Å². The zero-order valence-corrected chi connectivity index (χ0v) is 36.9. The van der Waals surface area contributed by atoms with Crippen LogP contribution in [0.4, 0.5) is 40.3 Å². The summed E-state index contributed by atoms with van der Waals surface area (Å²) < 4.78 is 103. The number of rotatable bonds is 10. The molecule has 0 amide bonds. The van der Waals surface area contributed by atoms with Gasteiger partial charge in [-0.25, -0.2) is 8.42 Å². The van der Waals surface area contributed by atoms with Crippen molar-refractivity contribution in [2.75, 3.05) is 10.6 Å². The zero-order chi connectivity index (χ0) is 36.6. The van der Waals surface area contributed by atoms with Gasteiger partial charge >= 0.3 is 88.7 Å². The number of azo groups is 1. The number of benzene rings is 4. The third-order valence-corrected chi connectivity index (χ3v) is 9.16. The van der Waals surface area contributed by atoms with E-state index in [4.69, 9.17) is 11.6 Å². The Bertz CT molecular complexity index is 2600. The van der Waals surface area contributed by atoms with E-state index >= 15 is 0 Å². The first kappa shape index (κ1) is 46.8. The Labute approximate surface area is 372 Å². The molecule has 0 radical (unpaired) electrons. The van der Waals surface area contributed by atoms with Gasteiger partial charge in [0.15, 0.2) is 0 Å². The maximum Gasteiger partial charge on any atom is 1.00 e. The normalized spacial score (nSPS) is 12.1. The predicted octanol–water partition coefficient (Wildman–Crippen LogP) is -5.53. The molecule has 0 saturated heterocycles. The molecule has 5 rings (SSSR count). The Hall–Kier alpha value is -2.36. The number of hydrogen-bond donors (Lipinski definition) is 4. The van der Waals surface area contributed by atoms with Gasteiger partial charge in [-0.05, 0) is 83.7 Å². The molecule has 0 aliphatic carbocycles. The zero-order valence-electron chi connectivity index (χ0n) is 27.7. The van der Waals surface area contributed by atoms with Crippen LogP contribution in [0.3, 0.4) is 0 Å². The Morgan fingerprint density at radius 1 is 0.774 bits per heavy atom. The second kappa shape index (κ2) is 18.5. The molecule has 5 aromatic rings. The first-order valence-electron chi connectivity index (χ1n) is 13.3. The molecule has 0 aliphatic rings. The third-order valence-electron chi connectivity index (χ3n) is 6.34. The fourth-order valence-electron chi connectivity index (χ4n) is 4.35. The standard InChI is InChI=1S/C27H21ClN8O11S3.3Na/c1-13(37)29-16-7-9-19(21(12-16)49(42,43)44)35-36-23-22(50(45,46)47)11-14-10-15(6-8-17(14)24(23)38)30-26-32-25(28)33-27(34-26)31-18-4-2-3-5-20(18)48(39,40)41;;;/h2-12,38H,1H3,(H,29,37)(H,39,40,41)(H,42,43,44)(H,45,46,47)(H2,30,31,32,33,34);;;/q;3*+1/p-3. The van der Waals surface area contributed by atoms with E-state index in [1.807, 2.05) is 0 Å². The van der Waals surface area contributed by atoms with Crippen molar-refractivity contribution in [2.24, 2.45) is 15.2 Å². The van der Waals surface area contributed by atoms with Gasteiger partial charge < -0.3 is 25.4 Å². The van der Waals surface area contributed by atoms with E-state index in [-0.39, 0.29) is 134 Å². The number of aromatic nitrogens is 3. The first-order chi connectivity index (χ1) is 23.3. The summed E-state index contributed by atoms with van der Waals surface area (Å²) in [5.74, 6) is -2.21. The number of hydrogen-bond acceptors (Lipinski definition) is 17. The number of para-hydroxylation sites is 1. The number of nitrogens with zero attached hydrogens (tertiary/aromatic N) is 6. The average Bonchev–Trinajstić information content (AvgIpc) is 2.99. The molecule has 1 heterocycles. The number of nitrogens with one attached hydrogen (secondary N) is 2. The van der Waals surface area contributed by atoms with Crippen LogP contribution in [-0.2, 0) is 30.4 Å². The molecule has 19 nitrogen and oxygen atoms in total. The largest absolute Gasteiger partial charge is 1.00 e. The van der Waals surface area contributed by atoms with Crippen LogP contribution in [-0.4, -0.2) is 59.8 Å². The molecule has 0 atom stereocenters. The minimum Gasteiger partial charge on any atom is -0.871 e. The average molecular weight is 831 g/mol. The van der Waals surface area contributed by atoms with E-state index in [1.54, 1.807) is 0 Å². The second-order valence-electron chi connectivity index (χ2n) is 9.87. The number of aliphatic imine (C=N–C) groups is 1. The van der Waals surface area contributed by atoms with E-state index in [0.717, 1.165) is 37.3 Å². The van der Waals surface area contributed by atoms with Crippen molar-refractivity contribution in [3.63, 3.8) is 0 Å². The Morgan fingerprint density at radius 3 is 2.00 bits per heavy atom. The second-order valence-corrected chi connectivity index (χ2v) is 14.3. The van der Waals surface area contributed by atoms with Crippen molar-refractivity contribution in [1.29, 1.82) is 0 Å². The van der Waals surface area contributed by atoms with Crippen LogP contribution in [0, 0.1) is 0 Å². The molecule has 1 aromatic heterocycles. The van der Waals surface area contributed by atoms with Crippen LogP contribution in [0.2, 0.25) is 5.28 Å². The van der Waals surface area contributed by atoms with Crippen LogP contribution in [0.15, 0.2) is 96.6 Å². The van der Waals surface area contributed by atoms with Gasteiger partial charge in [-0.15, -0.1) is 10.2 Å². The van der Waals surface area contributed by atoms with Gasteiger partial charge in [-0.3, -0.25) is 14.1 Å². The number of fused-ring (bicyclic) bond motifs is 1. The van der Waals surface area contributed by atoms with Gasteiger partial charge in [0.1, 0.15) is 25.6 Å². The SMILES string of the molecule is CC([O-])=Nc1ccc(N=Nc2c(S(=O)(=O)O)cc3cc(Nc4nc(Cl)nc(Nc5ccccc5S(=O)(=O)[O-])n4)ccc3c2[O-])c(S(=O)(=O)O)c1.[Na+].[Na+].[Na+]. The van der Waals surface area contributed by atoms with Gasteiger partial charge in [0.25, 0.3) is 20.2 Å². The van der Waals surface area contributed by atoms with Crippen molar-refractivity contribution in [3.05, 3.63) is 72.0 Å². The van der Waals surface area contributed by atoms with Crippen molar-refractivity contribution >= 4 is 99.0 Å². The summed E-state index contributed by atoms with van der Waals surface area (Å²) in [6, 6.07) is 12.8. The minimum atomic E-state index is -5.16. The summed E-state index contributed by atoms with van der Waals surface area (Å²) in [6.07, 6.45) is 0. The summed E-state index contributed by atoms with van der Waals surface area (Å²) >= 11 is 6.01. The first-order valence-corrected chi connectivity index (χ1v) is 18.0. The monoisotopic (exact) mass is 830 g/mol. The molecule has 0 unspecified atom stereocenters. The maximum absolute atomic E-state index is 13.4. The van der Waals surface area contributed by atoms with E-state index in [9.17, 15) is 49.1 Å². The summed E-state index contributed by atoms with van der Waals surface area (Å²) in [5, 5.41) is 36.7. The summed E-state index contributed by atoms with van der Waals surface area (Å²) in [7, 11) is -15.0. The Morgan fingerprint density at radius 2 is 1.40 bits per heavy atom. The molecule has 0 fully saturated rings. The van der Waals surface area contributed by atoms with Crippen molar-refractivity contribution < 1.29 is 138 Å². The van der Waals surface area contributed by atoms with E-state index in [0.29, 0.717) is 0 Å². The quantitative estimate of drug-likeness (QED) is 0.0335. The van der Waals surface area contributed by atoms with Gasteiger partial charge in [0.2, 0.25) is 17.2 Å². The van der Waals surface area contributed by atoms with Crippen molar-refractivity contribution in [3.8, 4) is 5.75 Å². The van der Waals surface area contributed by atoms with Crippen LogP contribution in [0.25, 0.3) is 10.8 Å². The smallest absolute Gasteiger partial charge is 0.871 e. The maximum atomic E-state index is 13.4. The van der Waals surface area contributed by atoms with Crippen LogP contribution in [0.5, 0.6) is 5.75 Å². The molecule has 4 N–H and O–H groups in total. The van der Waals surface area contributed by atoms with Gasteiger partial charge in [0, 0.05) is 5.69 Å². The van der Waals surface area contributed by atoms with Gasteiger partial charge in [0.05, 0.1) is 22.0 Å². The van der Waals surface area contributed by atoms with E-state index < -0.39 is 68.1 Å². The molecular weight excluding hydrogens is 813 g/mol. The number of anilines is 4. The number of halogens is 1. The molecule has 0 spiro atoms. The predicted molar refractivity (Wildman–Crippen MR) is 172 cm³/mol. The molecule has 4 aromatic carbocycles. The summed E-state index contributed by atoms with van der Waals surface area (Å²) in [5.41, 5.74) is -1.62. The molecule has 0 saturated carbocycles. The fourth-order valence-corrected chi connectivity index (χ4v) is 6.44. The van der Waals surface area contributed by atoms with Crippen LogP contribution in [0.1, 0.15) is 6.92 Å². The molecule has 53 heavy (non-hydrogen) atoms. The van der Waals surface area contributed by atoms with Gasteiger partial charge in [-0.2, -0.15) is 31.8 Å². The third kappa shape index (κ3) is 11.8. The van der Waals surface area contributed by atoms with Gasteiger partial charge in [-0.1, -0.05) is 23.9 Å². The van der Waals surface area contributed by atoms with Crippen LogP contribution < -0.4 is 110 Å². The summed E-state index contributed by atoms with van der Waals surface area (Å²) in [6.45, 7) is 1.10. The van der Waals surface area contributed by atoms with E-state index in [2.05, 4.69) is 40.8 Å². The molecular formula is C27H18ClN8Na3O11S3. The Balaban J connectivity index is 0.00000324. The van der Waals surface area contributed by atoms with Crippen molar-refractivity contribution in [1.82, 2.24) is 15.0 Å². The summed E-state index contributed by atoms with van der Waals surface area (Å²) in [4.78, 5) is 12.9. The van der Waals surface area contributed by atoms with Crippen LogP contribution >= 0.6 is 11.6 Å². The topological polar surface area (TPSA) is 312 Å². The molecule has 0 aliphatic heterocycles. The molecule has 26 heteroatoms. The Kier molecular flexibility index (Phi) is 16.3. The van der Waals surface area contributed by atoms with E-state index in [1.165, 1.54) is 36.4 Å². The molecule has 260 valence electrons. The fraction of sp³-hybridized carbons (Fsp3) is 0.0370.